The molecule has 0 bridgehead atoms. The number of para-hydroxylation sites is 2. The number of methoxy groups -OCH3 is 1. The summed E-state index contributed by atoms with van der Waals surface area (Å²) in [5, 5.41) is 7.95. The van der Waals surface area contributed by atoms with Gasteiger partial charge in [-0.1, -0.05) is 30.3 Å². The lowest BCUT2D eigenvalue weighted by molar-refractivity contribution is 0.0906. The van der Waals surface area contributed by atoms with Crippen molar-refractivity contribution in [2.75, 3.05) is 12.1 Å². The van der Waals surface area contributed by atoms with Crippen LogP contribution in [0.5, 0.6) is 5.75 Å². The first-order chi connectivity index (χ1) is 14.7. The van der Waals surface area contributed by atoms with Gasteiger partial charge in [-0.05, 0) is 59.5 Å². The van der Waals surface area contributed by atoms with E-state index in [9.17, 15) is 4.79 Å². The fourth-order valence-electron chi connectivity index (χ4n) is 4.64. The summed E-state index contributed by atoms with van der Waals surface area (Å²) < 4.78 is 5.28. The van der Waals surface area contributed by atoms with Crippen LogP contribution in [0.4, 0.5) is 5.69 Å². The molecule has 0 spiro atoms. The number of hydrogen-bond acceptors (Lipinski definition) is 4. The van der Waals surface area contributed by atoms with E-state index in [-0.39, 0.29) is 5.78 Å². The molecule has 3 heterocycles. The standard InChI is InChI=1S/C25H19N3O2/c1-30-18-12-10-16(11-13-18)21-15-25(23-14-17-6-2-4-8-20(17)26-23)24(29)19-7-3-5-9-22(19)28(25)27-21/h2-14,26H,15H2,1H3. The number of fused-ring (bicyclic) bond motifs is 4. The van der Waals surface area contributed by atoms with E-state index in [4.69, 9.17) is 9.84 Å². The number of hydrogen-bond donors (Lipinski definition) is 1. The van der Waals surface area contributed by atoms with E-state index >= 15 is 0 Å². The Hall–Kier alpha value is -3.86. The molecule has 2 aliphatic heterocycles. The first-order valence-corrected chi connectivity index (χ1v) is 9.95. The van der Waals surface area contributed by atoms with Gasteiger partial charge in [0, 0.05) is 17.5 Å². The van der Waals surface area contributed by atoms with E-state index in [1.165, 1.54) is 0 Å². The Labute approximate surface area is 173 Å². The fraction of sp³-hybridized carbons (Fsp3) is 0.120. The Morgan fingerprint density at radius 1 is 1.00 bits per heavy atom. The monoisotopic (exact) mass is 393 g/mol. The second-order valence-electron chi connectivity index (χ2n) is 7.74. The maximum absolute atomic E-state index is 13.8. The van der Waals surface area contributed by atoms with Gasteiger partial charge in [-0.15, -0.1) is 0 Å². The molecule has 0 saturated heterocycles. The van der Waals surface area contributed by atoms with Crippen molar-refractivity contribution < 1.29 is 9.53 Å². The predicted octanol–water partition coefficient (Wildman–Crippen LogP) is 4.88. The Morgan fingerprint density at radius 2 is 1.77 bits per heavy atom. The number of H-pyrrole nitrogens is 1. The van der Waals surface area contributed by atoms with Crippen molar-refractivity contribution in [3.8, 4) is 5.75 Å². The van der Waals surface area contributed by atoms with Gasteiger partial charge in [-0.25, -0.2) is 5.01 Å². The highest BCUT2D eigenvalue weighted by atomic mass is 16.5. The van der Waals surface area contributed by atoms with Gasteiger partial charge in [0.15, 0.2) is 11.3 Å². The average Bonchev–Trinajstić information content (AvgIpc) is 3.46. The van der Waals surface area contributed by atoms with E-state index in [1.807, 2.05) is 71.7 Å². The van der Waals surface area contributed by atoms with Gasteiger partial charge in [0.2, 0.25) is 0 Å². The number of ether oxygens (including phenoxy) is 1. The summed E-state index contributed by atoms with van der Waals surface area (Å²) in [4.78, 5) is 17.3. The molecule has 1 aromatic heterocycles. The Kier molecular flexibility index (Phi) is 3.45. The van der Waals surface area contributed by atoms with Gasteiger partial charge >= 0.3 is 0 Å². The average molecular weight is 393 g/mol. The van der Waals surface area contributed by atoms with Gasteiger partial charge in [0.25, 0.3) is 0 Å². The first kappa shape index (κ1) is 17.0. The highest BCUT2D eigenvalue weighted by Gasteiger charge is 2.57. The zero-order valence-corrected chi connectivity index (χ0v) is 16.4. The quantitative estimate of drug-likeness (QED) is 0.540. The van der Waals surface area contributed by atoms with E-state index in [0.717, 1.165) is 39.3 Å². The number of nitrogens with zero attached hydrogens (tertiary/aromatic N) is 2. The minimum atomic E-state index is -0.891. The minimum Gasteiger partial charge on any atom is -0.497 e. The molecule has 1 unspecified atom stereocenters. The van der Waals surface area contributed by atoms with Crippen molar-refractivity contribution in [1.29, 1.82) is 0 Å². The molecule has 0 saturated carbocycles. The summed E-state index contributed by atoms with van der Waals surface area (Å²) in [7, 11) is 1.65. The van der Waals surface area contributed by atoms with Crippen LogP contribution >= 0.6 is 0 Å². The number of hydrazone groups is 1. The van der Waals surface area contributed by atoms with Crippen LogP contribution in [0.3, 0.4) is 0 Å². The number of Topliss-reactive ketones (excluding diaryl/α,β-unsaturated/α-hetero) is 1. The molecule has 0 aliphatic carbocycles. The summed E-state index contributed by atoms with van der Waals surface area (Å²) in [6.45, 7) is 0. The molecule has 3 aromatic carbocycles. The van der Waals surface area contributed by atoms with Crippen LogP contribution in [0.2, 0.25) is 0 Å². The van der Waals surface area contributed by atoms with Gasteiger partial charge in [0.1, 0.15) is 5.75 Å². The van der Waals surface area contributed by atoms with E-state index in [0.29, 0.717) is 12.0 Å². The number of aromatic amines is 1. The number of rotatable bonds is 3. The van der Waals surface area contributed by atoms with Crippen LogP contribution in [0, 0.1) is 0 Å². The SMILES string of the molecule is COc1ccc(C2=NN3c4ccccc4C(=O)C3(c3cc4ccccc4[nH]3)C2)cc1. The molecule has 5 heteroatoms. The number of carbonyl (C=O) groups excluding carboxylic acids is 1. The molecule has 4 aromatic rings. The molecule has 1 N–H and O–H groups in total. The van der Waals surface area contributed by atoms with E-state index in [2.05, 4.69) is 17.1 Å². The lowest BCUT2D eigenvalue weighted by Gasteiger charge is -2.28. The summed E-state index contributed by atoms with van der Waals surface area (Å²) in [6.07, 6.45) is 0.500. The Balaban J connectivity index is 1.54. The summed E-state index contributed by atoms with van der Waals surface area (Å²) >= 11 is 0. The van der Waals surface area contributed by atoms with Crippen LogP contribution < -0.4 is 9.75 Å². The van der Waals surface area contributed by atoms with Crippen molar-refractivity contribution in [3.05, 3.63) is 95.7 Å². The number of anilines is 1. The van der Waals surface area contributed by atoms with Crippen molar-refractivity contribution >= 4 is 28.1 Å². The number of ketones is 1. The van der Waals surface area contributed by atoms with Gasteiger partial charge in [-0.2, -0.15) is 5.10 Å². The topological polar surface area (TPSA) is 57.7 Å². The van der Waals surface area contributed by atoms with Crippen molar-refractivity contribution in [2.45, 2.75) is 12.0 Å². The first-order valence-electron chi connectivity index (χ1n) is 9.95. The molecule has 1 atom stereocenters. The second-order valence-corrected chi connectivity index (χ2v) is 7.74. The largest absolute Gasteiger partial charge is 0.497 e. The van der Waals surface area contributed by atoms with E-state index in [1.54, 1.807) is 7.11 Å². The normalized spacial score (nSPS) is 19.7. The predicted molar refractivity (Wildman–Crippen MR) is 117 cm³/mol. The molecule has 146 valence electrons. The number of carbonyl (C=O) groups is 1. The molecule has 30 heavy (non-hydrogen) atoms. The maximum Gasteiger partial charge on any atom is 0.199 e. The molecule has 0 fully saturated rings. The number of benzene rings is 3. The van der Waals surface area contributed by atoms with Gasteiger partial charge in [0.05, 0.1) is 24.2 Å². The molecule has 0 amide bonds. The molecular formula is C25H19N3O2. The maximum atomic E-state index is 13.8. The Morgan fingerprint density at radius 3 is 2.57 bits per heavy atom. The Bertz CT molecular complexity index is 1300. The third kappa shape index (κ3) is 2.17. The molecule has 0 radical (unpaired) electrons. The van der Waals surface area contributed by atoms with Crippen LogP contribution in [0.1, 0.15) is 28.0 Å². The third-order valence-electron chi connectivity index (χ3n) is 6.16. The van der Waals surface area contributed by atoms with Gasteiger partial charge < -0.3 is 9.72 Å². The molecule has 2 aliphatic rings. The van der Waals surface area contributed by atoms with Crippen LogP contribution in [-0.4, -0.2) is 23.6 Å². The third-order valence-corrected chi connectivity index (χ3v) is 6.16. The summed E-state index contributed by atoms with van der Waals surface area (Å²) in [5.41, 5.74) is 4.45. The number of aromatic nitrogens is 1. The lowest BCUT2D eigenvalue weighted by Crippen LogP contribution is -2.42. The van der Waals surface area contributed by atoms with E-state index < -0.39 is 5.54 Å². The number of nitrogens with one attached hydrogen (secondary N) is 1. The summed E-state index contributed by atoms with van der Waals surface area (Å²) in [5.74, 6) is 0.876. The molecular weight excluding hydrogens is 374 g/mol. The zero-order chi connectivity index (χ0) is 20.3. The smallest absolute Gasteiger partial charge is 0.199 e. The van der Waals surface area contributed by atoms with Gasteiger partial charge in [-0.3, -0.25) is 4.79 Å². The highest BCUT2D eigenvalue weighted by molar-refractivity contribution is 6.20. The van der Waals surface area contributed by atoms with Crippen LogP contribution in [0.25, 0.3) is 10.9 Å². The highest BCUT2D eigenvalue weighted by Crippen LogP contribution is 2.51. The summed E-state index contributed by atoms with van der Waals surface area (Å²) in [6, 6.07) is 25.7. The fourth-order valence-corrected chi connectivity index (χ4v) is 4.64. The molecule has 6 rings (SSSR count). The zero-order valence-electron chi connectivity index (χ0n) is 16.4. The second kappa shape index (κ2) is 6.07. The van der Waals surface area contributed by atoms with Crippen molar-refractivity contribution in [3.63, 3.8) is 0 Å². The van der Waals surface area contributed by atoms with Crippen molar-refractivity contribution in [1.82, 2.24) is 4.98 Å². The van der Waals surface area contributed by atoms with Crippen LogP contribution in [-0.2, 0) is 5.54 Å². The molecule has 5 nitrogen and oxygen atoms in total. The van der Waals surface area contributed by atoms with Crippen LogP contribution in [0.15, 0.2) is 84.0 Å². The minimum absolute atomic E-state index is 0.0805. The lowest BCUT2D eigenvalue weighted by atomic mass is 9.84. The van der Waals surface area contributed by atoms with Crippen molar-refractivity contribution in [2.24, 2.45) is 5.10 Å².